The monoisotopic (exact) mass is 302 g/mol. The molecule has 0 aromatic rings. The van der Waals surface area contributed by atoms with Gasteiger partial charge in [-0.3, -0.25) is 9.69 Å². The Labute approximate surface area is 123 Å². The average Bonchev–Trinajstić information content (AvgIpc) is 2.64. The van der Waals surface area contributed by atoms with Crippen LogP contribution in [0.3, 0.4) is 0 Å². The van der Waals surface area contributed by atoms with Crippen LogP contribution in [0.2, 0.25) is 0 Å². The number of carbonyl (C=O) groups excluding carboxylic acids is 1. The number of thioether (sulfide) groups is 2. The molecule has 0 unspecified atom stereocenters. The fraction of sp³-hybridized carbons (Fsp3) is 0.923. The van der Waals surface area contributed by atoms with Crippen molar-refractivity contribution < 1.29 is 9.53 Å². The molecule has 6 heteroatoms. The largest absolute Gasteiger partial charge is 0.362 e. The fourth-order valence-corrected chi connectivity index (χ4v) is 5.77. The van der Waals surface area contributed by atoms with Gasteiger partial charge in [-0.05, 0) is 6.42 Å². The van der Waals surface area contributed by atoms with E-state index in [2.05, 4.69) is 28.4 Å². The lowest BCUT2D eigenvalue weighted by atomic mass is 10.0. The molecule has 3 fully saturated rings. The van der Waals surface area contributed by atoms with Crippen molar-refractivity contribution in [2.45, 2.75) is 18.1 Å². The summed E-state index contributed by atoms with van der Waals surface area (Å²) >= 11 is 4.16. The molecule has 1 amide bonds. The van der Waals surface area contributed by atoms with Gasteiger partial charge in [0.1, 0.15) is 12.2 Å². The molecule has 1 atom stereocenters. The smallest absolute Gasteiger partial charge is 0.248 e. The van der Waals surface area contributed by atoms with Crippen LogP contribution in [0, 0.1) is 0 Å². The van der Waals surface area contributed by atoms with Crippen molar-refractivity contribution in [3.8, 4) is 0 Å². The van der Waals surface area contributed by atoms with Crippen molar-refractivity contribution in [3.05, 3.63) is 0 Å². The number of likely N-dealkylation sites (tertiary alicyclic amines) is 1. The highest BCUT2D eigenvalue weighted by molar-refractivity contribution is 8.03. The first-order valence-corrected chi connectivity index (χ1v) is 9.27. The number of likely N-dealkylation sites (N-methyl/N-ethyl adjacent to an activating group) is 1. The van der Waals surface area contributed by atoms with Gasteiger partial charge in [0.2, 0.25) is 5.91 Å². The van der Waals surface area contributed by atoms with E-state index in [4.69, 9.17) is 4.74 Å². The average molecular weight is 302 g/mol. The van der Waals surface area contributed by atoms with Crippen LogP contribution in [0.25, 0.3) is 0 Å². The maximum Gasteiger partial charge on any atom is 0.248 e. The van der Waals surface area contributed by atoms with Crippen LogP contribution in [0.5, 0.6) is 0 Å². The van der Waals surface area contributed by atoms with Gasteiger partial charge in [-0.1, -0.05) is 0 Å². The molecule has 19 heavy (non-hydrogen) atoms. The van der Waals surface area contributed by atoms with Gasteiger partial charge >= 0.3 is 0 Å². The van der Waals surface area contributed by atoms with Crippen LogP contribution in [0.4, 0.5) is 0 Å². The number of carbonyl (C=O) groups is 1. The second kappa shape index (κ2) is 5.84. The van der Waals surface area contributed by atoms with Crippen LogP contribution in [-0.2, 0) is 9.53 Å². The summed E-state index contributed by atoms with van der Waals surface area (Å²) in [4.78, 5) is 16.0. The standard InChI is InChI=1S/C13H22N2O2S2/c1-14-9-13(17-6-12(14)16)2-3-15(10-13)11-7-18-4-5-19-8-11/h11H,2-10H2,1H3/t13-/m0/s1. The summed E-state index contributed by atoms with van der Waals surface area (Å²) < 4.78 is 5.91. The van der Waals surface area contributed by atoms with E-state index in [1.807, 2.05) is 11.9 Å². The van der Waals surface area contributed by atoms with E-state index in [1.54, 1.807) is 0 Å². The van der Waals surface area contributed by atoms with Gasteiger partial charge in [0, 0.05) is 49.2 Å². The van der Waals surface area contributed by atoms with E-state index in [-0.39, 0.29) is 18.1 Å². The van der Waals surface area contributed by atoms with Gasteiger partial charge in [-0.2, -0.15) is 23.5 Å². The molecule has 0 radical (unpaired) electrons. The molecule has 0 aromatic heterocycles. The van der Waals surface area contributed by atoms with Gasteiger partial charge in [0.05, 0.1) is 6.54 Å². The van der Waals surface area contributed by atoms with Crippen molar-refractivity contribution >= 4 is 29.4 Å². The third kappa shape index (κ3) is 3.06. The number of hydrogen-bond donors (Lipinski definition) is 0. The Bertz CT molecular complexity index is 348. The normalized spacial score (nSPS) is 35.0. The highest BCUT2D eigenvalue weighted by Gasteiger charge is 2.45. The van der Waals surface area contributed by atoms with E-state index in [9.17, 15) is 4.79 Å². The topological polar surface area (TPSA) is 32.8 Å². The molecule has 0 saturated carbocycles. The number of nitrogens with zero attached hydrogens (tertiary/aromatic N) is 2. The van der Waals surface area contributed by atoms with Crippen LogP contribution in [-0.4, -0.2) is 83.7 Å². The second-order valence-corrected chi connectivity index (χ2v) is 8.05. The van der Waals surface area contributed by atoms with Crippen molar-refractivity contribution in [1.82, 2.24) is 9.80 Å². The Hall–Kier alpha value is 0.0900. The van der Waals surface area contributed by atoms with Crippen LogP contribution < -0.4 is 0 Å². The molecule has 3 saturated heterocycles. The summed E-state index contributed by atoms with van der Waals surface area (Å²) in [7, 11) is 1.90. The quantitative estimate of drug-likeness (QED) is 0.714. The SMILES string of the molecule is CN1C[C@]2(CCN(C3CSCCSC3)C2)OCC1=O. The molecular formula is C13H22N2O2S2. The Morgan fingerprint density at radius 2 is 2.00 bits per heavy atom. The molecule has 3 rings (SSSR count). The molecule has 0 N–H and O–H groups in total. The zero-order valence-electron chi connectivity index (χ0n) is 11.5. The first-order chi connectivity index (χ1) is 9.19. The molecule has 0 aliphatic carbocycles. The summed E-state index contributed by atoms with van der Waals surface area (Å²) in [5, 5.41) is 0. The Morgan fingerprint density at radius 1 is 1.26 bits per heavy atom. The third-order valence-corrected chi connectivity index (χ3v) is 6.79. The van der Waals surface area contributed by atoms with Gasteiger partial charge in [0.25, 0.3) is 0 Å². The maximum absolute atomic E-state index is 11.5. The van der Waals surface area contributed by atoms with Crippen molar-refractivity contribution in [3.63, 3.8) is 0 Å². The highest BCUT2D eigenvalue weighted by atomic mass is 32.2. The molecule has 108 valence electrons. The zero-order valence-corrected chi connectivity index (χ0v) is 13.1. The maximum atomic E-state index is 11.5. The summed E-state index contributed by atoms with van der Waals surface area (Å²) in [5.41, 5.74) is -0.0930. The lowest BCUT2D eigenvalue weighted by Gasteiger charge is -2.39. The van der Waals surface area contributed by atoms with E-state index in [1.165, 1.54) is 23.0 Å². The molecule has 3 aliphatic heterocycles. The van der Waals surface area contributed by atoms with E-state index >= 15 is 0 Å². The predicted molar refractivity (Wildman–Crippen MR) is 80.9 cm³/mol. The fourth-order valence-electron chi connectivity index (χ4n) is 3.14. The minimum absolute atomic E-state index is 0.0930. The third-order valence-electron chi connectivity index (χ3n) is 4.31. The molecule has 3 heterocycles. The van der Waals surface area contributed by atoms with Crippen molar-refractivity contribution in [2.24, 2.45) is 0 Å². The van der Waals surface area contributed by atoms with E-state index in [0.29, 0.717) is 6.04 Å². The van der Waals surface area contributed by atoms with Crippen LogP contribution in [0.1, 0.15) is 6.42 Å². The minimum Gasteiger partial charge on any atom is -0.362 e. The summed E-state index contributed by atoms with van der Waals surface area (Å²) in [6, 6.07) is 0.684. The molecule has 0 aromatic carbocycles. The number of rotatable bonds is 1. The Kier molecular flexibility index (Phi) is 4.31. The molecule has 3 aliphatic rings. The molecular weight excluding hydrogens is 280 g/mol. The molecule has 4 nitrogen and oxygen atoms in total. The van der Waals surface area contributed by atoms with Gasteiger partial charge in [0.15, 0.2) is 0 Å². The first-order valence-electron chi connectivity index (χ1n) is 6.96. The van der Waals surface area contributed by atoms with Crippen LogP contribution >= 0.6 is 23.5 Å². The molecule has 1 spiro atoms. The second-order valence-electron chi connectivity index (χ2n) is 5.75. The number of hydrogen-bond acceptors (Lipinski definition) is 5. The summed E-state index contributed by atoms with van der Waals surface area (Å²) in [5.74, 6) is 5.18. The number of amides is 1. The van der Waals surface area contributed by atoms with E-state index < -0.39 is 0 Å². The predicted octanol–water partition coefficient (Wildman–Crippen LogP) is 0.768. The zero-order chi connectivity index (χ0) is 13.3. The van der Waals surface area contributed by atoms with E-state index in [0.717, 1.165) is 26.1 Å². The number of ether oxygens (including phenoxy) is 1. The van der Waals surface area contributed by atoms with Gasteiger partial charge in [-0.25, -0.2) is 0 Å². The highest BCUT2D eigenvalue weighted by Crippen LogP contribution is 2.32. The van der Waals surface area contributed by atoms with Crippen LogP contribution in [0.15, 0.2) is 0 Å². The lowest BCUT2D eigenvalue weighted by Crippen LogP contribution is -2.55. The minimum atomic E-state index is -0.0930. The first kappa shape index (κ1) is 14.0. The Balaban J connectivity index is 1.61. The summed E-state index contributed by atoms with van der Waals surface area (Å²) in [6.07, 6.45) is 1.07. The van der Waals surface area contributed by atoms with Crippen molar-refractivity contribution in [2.75, 3.05) is 56.3 Å². The molecule has 0 bridgehead atoms. The number of morpholine rings is 1. The lowest BCUT2D eigenvalue weighted by molar-refractivity contribution is -0.159. The summed E-state index contributed by atoms with van der Waals surface area (Å²) in [6.45, 7) is 3.14. The van der Waals surface area contributed by atoms with Crippen molar-refractivity contribution in [1.29, 1.82) is 0 Å². The van der Waals surface area contributed by atoms with Gasteiger partial charge in [-0.15, -0.1) is 0 Å². The Morgan fingerprint density at radius 3 is 2.68 bits per heavy atom. The van der Waals surface area contributed by atoms with Gasteiger partial charge < -0.3 is 9.64 Å².